The smallest absolute Gasteiger partial charge is 0.150 e. The molecule has 0 saturated carbocycles. The van der Waals surface area contributed by atoms with Gasteiger partial charge in [-0.3, -0.25) is 4.79 Å². The van der Waals surface area contributed by atoms with Crippen molar-refractivity contribution in [3.8, 4) is 11.1 Å². The first kappa shape index (κ1) is 18.4. The number of nitrogens with one attached hydrogen (secondary N) is 1. The Morgan fingerprint density at radius 1 is 1.20 bits per heavy atom. The Hall–Kier alpha value is -2.99. The topological polar surface area (TPSA) is 81.1 Å². The first-order valence-electron chi connectivity index (χ1n) is 7.58. The lowest BCUT2D eigenvalue weighted by Crippen LogP contribution is -2.11. The second-order valence-electron chi connectivity index (χ2n) is 5.35. The number of benzene rings is 2. The first-order valence-corrected chi connectivity index (χ1v) is 7.58. The van der Waals surface area contributed by atoms with Gasteiger partial charge < -0.3 is 16.8 Å². The average Bonchev–Trinajstić information content (AvgIpc) is 2.60. The maximum absolute atomic E-state index is 14.2. The van der Waals surface area contributed by atoms with Gasteiger partial charge in [0.2, 0.25) is 0 Å². The van der Waals surface area contributed by atoms with Crippen molar-refractivity contribution in [2.45, 2.75) is 6.54 Å². The van der Waals surface area contributed by atoms with Gasteiger partial charge in [-0.2, -0.15) is 0 Å². The Morgan fingerprint density at radius 2 is 1.96 bits per heavy atom. The molecular weight excluding hydrogens is 324 g/mol. The minimum Gasteiger partial charge on any atom is -0.405 e. The molecule has 0 fully saturated rings. The van der Waals surface area contributed by atoms with Crippen LogP contribution in [0.5, 0.6) is 0 Å². The van der Waals surface area contributed by atoms with Gasteiger partial charge in [-0.1, -0.05) is 0 Å². The zero-order chi connectivity index (χ0) is 18.4. The number of halogens is 2. The third kappa shape index (κ3) is 3.92. The minimum absolute atomic E-state index is 0.190. The van der Waals surface area contributed by atoms with Gasteiger partial charge in [-0.15, -0.1) is 0 Å². The third-order valence-corrected chi connectivity index (χ3v) is 3.77. The van der Waals surface area contributed by atoms with Crippen LogP contribution in [0.3, 0.4) is 0 Å². The molecule has 25 heavy (non-hydrogen) atoms. The van der Waals surface area contributed by atoms with E-state index in [0.717, 1.165) is 6.07 Å². The van der Waals surface area contributed by atoms with Crippen molar-refractivity contribution in [2.24, 2.45) is 11.5 Å². The van der Waals surface area contributed by atoms with Crippen LogP contribution >= 0.6 is 0 Å². The molecule has 0 atom stereocenters. The molecule has 0 unspecified atom stereocenters. The lowest BCUT2D eigenvalue weighted by molar-refractivity contribution is 0.112. The van der Waals surface area contributed by atoms with Crippen LogP contribution < -0.4 is 16.8 Å². The fraction of sp³-hybridized carbons (Fsp3) is 0.105. The summed E-state index contributed by atoms with van der Waals surface area (Å²) in [6.07, 6.45) is 4.97. The molecular formula is C19H19F2N3O. The molecule has 0 aliphatic rings. The zero-order valence-electron chi connectivity index (χ0n) is 13.7. The highest BCUT2D eigenvalue weighted by atomic mass is 19.1. The summed E-state index contributed by atoms with van der Waals surface area (Å²) in [6.45, 7) is 0.408. The standard InChI is InChI=1S/C19H19F2N3O/c1-24-10-18-14(11-25)6-13(7-17(18)12(9-23)4-5-22)16-3-2-15(20)8-19(16)21/h2-9,11,24H,10,22-23H2,1H3/b5-4-,12-9+. The molecule has 0 heterocycles. The van der Waals surface area contributed by atoms with Gasteiger partial charge in [0.15, 0.2) is 0 Å². The molecule has 2 rings (SSSR count). The van der Waals surface area contributed by atoms with Crippen molar-refractivity contribution < 1.29 is 13.6 Å². The van der Waals surface area contributed by atoms with E-state index in [1.54, 1.807) is 25.3 Å². The Kier molecular flexibility index (Phi) is 6.03. The van der Waals surface area contributed by atoms with Gasteiger partial charge in [-0.25, -0.2) is 8.78 Å². The highest BCUT2D eigenvalue weighted by molar-refractivity contribution is 5.88. The normalized spacial score (nSPS) is 11.9. The molecule has 0 aliphatic carbocycles. The predicted octanol–water partition coefficient (Wildman–Crippen LogP) is 2.94. The van der Waals surface area contributed by atoms with E-state index in [1.165, 1.54) is 24.5 Å². The second kappa shape index (κ2) is 8.21. The van der Waals surface area contributed by atoms with E-state index in [-0.39, 0.29) is 5.56 Å². The van der Waals surface area contributed by atoms with E-state index < -0.39 is 11.6 Å². The second-order valence-corrected chi connectivity index (χ2v) is 5.35. The molecule has 0 aliphatic heterocycles. The van der Waals surface area contributed by atoms with Crippen LogP contribution in [0, 0.1) is 11.6 Å². The average molecular weight is 343 g/mol. The Morgan fingerprint density at radius 3 is 2.52 bits per heavy atom. The van der Waals surface area contributed by atoms with E-state index in [4.69, 9.17) is 11.5 Å². The lowest BCUT2D eigenvalue weighted by atomic mass is 9.90. The molecule has 6 heteroatoms. The van der Waals surface area contributed by atoms with E-state index in [9.17, 15) is 13.6 Å². The van der Waals surface area contributed by atoms with E-state index in [1.807, 2.05) is 0 Å². The molecule has 4 nitrogen and oxygen atoms in total. The number of allylic oxidation sites excluding steroid dienone is 2. The van der Waals surface area contributed by atoms with Crippen LogP contribution in [-0.4, -0.2) is 13.3 Å². The largest absolute Gasteiger partial charge is 0.405 e. The first-order chi connectivity index (χ1) is 12.0. The molecule has 2 aromatic rings. The number of aldehydes is 1. The Bertz CT molecular complexity index is 845. The summed E-state index contributed by atoms with van der Waals surface area (Å²) in [5.41, 5.74) is 14.1. The minimum atomic E-state index is -0.711. The summed E-state index contributed by atoms with van der Waals surface area (Å²) in [5.74, 6) is -1.38. The summed E-state index contributed by atoms with van der Waals surface area (Å²) >= 11 is 0. The predicted molar refractivity (Wildman–Crippen MR) is 95.4 cm³/mol. The molecule has 5 N–H and O–H groups in total. The maximum atomic E-state index is 14.2. The summed E-state index contributed by atoms with van der Waals surface area (Å²) in [5, 5.41) is 2.99. The fourth-order valence-corrected chi connectivity index (χ4v) is 2.65. The van der Waals surface area contributed by atoms with Crippen LogP contribution in [0.1, 0.15) is 21.5 Å². The third-order valence-electron chi connectivity index (χ3n) is 3.77. The Balaban J connectivity index is 2.77. The molecule has 0 bridgehead atoms. The molecule has 0 saturated heterocycles. The van der Waals surface area contributed by atoms with Crippen LogP contribution in [0.15, 0.2) is 48.8 Å². The highest BCUT2D eigenvalue weighted by Gasteiger charge is 2.15. The van der Waals surface area contributed by atoms with Gasteiger partial charge in [0.05, 0.1) is 0 Å². The van der Waals surface area contributed by atoms with Crippen molar-refractivity contribution in [2.75, 3.05) is 7.05 Å². The van der Waals surface area contributed by atoms with Crippen molar-refractivity contribution in [3.63, 3.8) is 0 Å². The SMILES string of the molecule is CNCc1c(C=O)cc(-c2ccc(F)cc2F)cc1C(/C=C\N)=C/N. The van der Waals surface area contributed by atoms with Crippen LogP contribution in [0.2, 0.25) is 0 Å². The number of carbonyl (C=O) groups is 1. The molecule has 0 amide bonds. The molecule has 0 radical (unpaired) electrons. The van der Waals surface area contributed by atoms with Crippen molar-refractivity contribution in [1.29, 1.82) is 0 Å². The molecule has 0 aromatic heterocycles. The maximum Gasteiger partial charge on any atom is 0.150 e. The number of carbonyl (C=O) groups excluding carboxylic acids is 1. The Labute approximate surface area is 144 Å². The number of nitrogens with two attached hydrogens (primary N) is 2. The van der Waals surface area contributed by atoms with Crippen molar-refractivity contribution in [3.05, 3.63) is 77.1 Å². The van der Waals surface area contributed by atoms with Gasteiger partial charge in [0.25, 0.3) is 0 Å². The zero-order valence-corrected chi connectivity index (χ0v) is 13.7. The van der Waals surface area contributed by atoms with Gasteiger partial charge in [0.1, 0.15) is 17.9 Å². The summed E-state index contributed by atoms with van der Waals surface area (Å²) in [6, 6.07) is 6.57. The lowest BCUT2D eigenvalue weighted by Gasteiger charge is -2.16. The van der Waals surface area contributed by atoms with E-state index in [0.29, 0.717) is 40.7 Å². The fourth-order valence-electron chi connectivity index (χ4n) is 2.65. The van der Waals surface area contributed by atoms with Crippen molar-refractivity contribution >= 4 is 11.9 Å². The van der Waals surface area contributed by atoms with Crippen LogP contribution in [-0.2, 0) is 6.54 Å². The van der Waals surface area contributed by atoms with E-state index in [2.05, 4.69) is 5.32 Å². The number of hydrogen-bond donors (Lipinski definition) is 3. The summed E-state index contributed by atoms with van der Waals surface area (Å²) in [7, 11) is 1.75. The molecule has 2 aromatic carbocycles. The van der Waals surface area contributed by atoms with Gasteiger partial charge in [-0.05, 0) is 65.9 Å². The van der Waals surface area contributed by atoms with Gasteiger partial charge in [0, 0.05) is 29.9 Å². The van der Waals surface area contributed by atoms with E-state index >= 15 is 0 Å². The quantitative estimate of drug-likeness (QED) is 0.556. The van der Waals surface area contributed by atoms with Gasteiger partial charge >= 0.3 is 0 Å². The number of rotatable bonds is 6. The monoisotopic (exact) mass is 343 g/mol. The molecule has 0 spiro atoms. The summed E-state index contributed by atoms with van der Waals surface area (Å²) in [4.78, 5) is 11.6. The van der Waals surface area contributed by atoms with Crippen molar-refractivity contribution in [1.82, 2.24) is 5.32 Å². The highest BCUT2D eigenvalue weighted by Crippen LogP contribution is 2.31. The van der Waals surface area contributed by atoms with Crippen LogP contribution in [0.4, 0.5) is 8.78 Å². The number of hydrogen-bond acceptors (Lipinski definition) is 4. The van der Waals surface area contributed by atoms with Crippen LogP contribution in [0.25, 0.3) is 16.7 Å². The molecule has 130 valence electrons. The summed E-state index contributed by atoms with van der Waals surface area (Å²) < 4.78 is 27.4.